The van der Waals surface area contributed by atoms with E-state index in [4.69, 9.17) is 4.74 Å². The van der Waals surface area contributed by atoms with Crippen LogP contribution in [0.4, 0.5) is 17.3 Å². The largest absolute Gasteiger partial charge is 0.489 e. The van der Waals surface area contributed by atoms with Crippen LogP contribution in [0.3, 0.4) is 0 Å². The monoisotopic (exact) mass is 338 g/mol. The maximum Gasteiger partial charge on any atom is 0.256 e. The van der Waals surface area contributed by atoms with Crippen molar-refractivity contribution in [3.05, 3.63) is 42.1 Å². The predicted octanol–water partition coefficient (Wildman–Crippen LogP) is 2.03. The molecule has 8 heteroatoms. The molecule has 8 nitrogen and oxygen atoms in total. The average molecular weight is 338 g/mol. The van der Waals surface area contributed by atoms with E-state index in [0.29, 0.717) is 23.6 Å². The van der Waals surface area contributed by atoms with Crippen LogP contribution in [0.2, 0.25) is 0 Å². The molecule has 1 aromatic carbocycles. The lowest BCUT2D eigenvalue weighted by molar-refractivity contribution is 0.0933. The van der Waals surface area contributed by atoms with Crippen LogP contribution in [-0.2, 0) is 0 Å². The lowest BCUT2D eigenvalue weighted by Gasteiger charge is -2.15. The molecule has 0 spiro atoms. The summed E-state index contributed by atoms with van der Waals surface area (Å²) < 4.78 is 7.47. The molecule has 1 unspecified atom stereocenters. The standard InChI is InChI=1S/C17H18N6O2/c1-10-8-19-17(24)13-9-20-23-15(18-2)7-14(22-16(13)23)21-11-4-3-5-12(6-11)25-10/h3-7,9-10,18H,8H2,1-2H3,(H,19,24)(H,21,22). The zero-order valence-corrected chi connectivity index (χ0v) is 13.9. The summed E-state index contributed by atoms with van der Waals surface area (Å²) in [6, 6.07) is 9.45. The van der Waals surface area contributed by atoms with Crippen molar-refractivity contribution in [3.63, 3.8) is 0 Å². The Morgan fingerprint density at radius 2 is 2.24 bits per heavy atom. The normalized spacial score (nSPS) is 16.9. The maximum atomic E-state index is 12.5. The SMILES string of the molecule is CNc1cc2nc3c(cnn13)C(=O)NCC(C)Oc1cccc(c1)N2. The third-order valence-corrected chi connectivity index (χ3v) is 3.97. The molecule has 2 aromatic heterocycles. The second kappa shape index (κ2) is 5.97. The summed E-state index contributed by atoms with van der Waals surface area (Å²) in [7, 11) is 1.80. The number of hydrogen-bond donors (Lipinski definition) is 3. The van der Waals surface area contributed by atoms with Crippen molar-refractivity contribution in [1.82, 2.24) is 19.9 Å². The second-order valence-corrected chi connectivity index (χ2v) is 5.86. The van der Waals surface area contributed by atoms with E-state index < -0.39 is 0 Å². The Labute approximate surface area is 144 Å². The highest BCUT2D eigenvalue weighted by Gasteiger charge is 2.18. The van der Waals surface area contributed by atoms with Crippen molar-refractivity contribution in [2.45, 2.75) is 13.0 Å². The van der Waals surface area contributed by atoms with E-state index in [1.54, 1.807) is 11.6 Å². The Balaban J connectivity index is 1.88. The van der Waals surface area contributed by atoms with Crippen molar-refractivity contribution in [2.75, 3.05) is 24.2 Å². The first-order valence-electron chi connectivity index (χ1n) is 8.02. The molecule has 0 radical (unpaired) electrons. The summed E-state index contributed by atoms with van der Waals surface area (Å²) in [5.74, 6) is 1.82. The fraction of sp³-hybridized carbons (Fsp3) is 0.235. The van der Waals surface area contributed by atoms with Gasteiger partial charge in [-0.25, -0.2) is 4.98 Å². The first-order chi connectivity index (χ1) is 12.1. The quantitative estimate of drug-likeness (QED) is 0.629. The van der Waals surface area contributed by atoms with Gasteiger partial charge < -0.3 is 20.7 Å². The van der Waals surface area contributed by atoms with Gasteiger partial charge in [-0.2, -0.15) is 9.61 Å². The molecule has 1 atom stereocenters. The number of hydrogen-bond acceptors (Lipinski definition) is 6. The lowest BCUT2D eigenvalue weighted by Crippen LogP contribution is -2.33. The molecule has 4 rings (SSSR count). The van der Waals surface area contributed by atoms with Gasteiger partial charge in [0.1, 0.15) is 29.1 Å². The molecule has 1 aliphatic heterocycles. The van der Waals surface area contributed by atoms with E-state index in [0.717, 1.165) is 17.3 Å². The summed E-state index contributed by atoms with van der Waals surface area (Å²) >= 11 is 0. The van der Waals surface area contributed by atoms with Gasteiger partial charge in [0, 0.05) is 24.9 Å². The summed E-state index contributed by atoms with van der Waals surface area (Å²) in [5.41, 5.74) is 1.75. The van der Waals surface area contributed by atoms with Crippen LogP contribution in [-0.4, -0.2) is 40.2 Å². The molecule has 3 aromatic rings. The van der Waals surface area contributed by atoms with E-state index >= 15 is 0 Å². The molecule has 0 aliphatic carbocycles. The maximum absolute atomic E-state index is 12.5. The number of anilines is 3. The van der Waals surface area contributed by atoms with Gasteiger partial charge in [-0.1, -0.05) is 6.07 Å². The zero-order chi connectivity index (χ0) is 17.4. The fourth-order valence-electron chi connectivity index (χ4n) is 2.77. The van der Waals surface area contributed by atoms with Crippen LogP contribution < -0.4 is 20.7 Å². The highest BCUT2D eigenvalue weighted by Crippen LogP contribution is 2.25. The highest BCUT2D eigenvalue weighted by molar-refractivity contribution is 6.00. The minimum Gasteiger partial charge on any atom is -0.489 e. The number of ether oxygens (including phenoxy) is 1. The van der Waals surface area contributed by atoms with Crippen LogP contribution in [0, 0.1) is 0 Å². The molecular formula is C17H18N6O2. The molecule has 128 valence electrons. The lowest BCUT2D eigenvalue weighted by atomic mass is 10.3. The molecular weight excluding hydrogens is 320 g/mol. The first kappa shape index (κ1) is 15.3. The number of benzene rings is 1. The highest BCUT2D eigenvalue weighted by atomic mass is 16.5. The van der Waals surface area contributed by atoms with Crippen molar-refractivity contribution in [3.8, 4) is 5.75 Å². The van der Waals surface area contributed by atoms with Crippen molar-refractivity contribution in [2.24, 2.45) is 0 Å². The predicted molar refractivity (Wildman–Crippen MR) is 94.7 cm³/mol. The van der Waals surface area contributed by atoms with E-state index in [2.05, 4.69) is 26.0 Å². The number of nitrogens with one attached hydrogen (secondary N) is 3. The van der Waals surface area contributed by atoms with Gasteiger partial charge in [-0.15, -0.1) is 0 Å². The molecule has 0 fully saturated rings. The number of nitrogens with zero attached hydrogens (tertiary/aromatic N) is 3. The van der Waals surface area contributed by atoms with Gasteiger partial charge in [0.2, 0.25) is 0 Å². The van der Waals surface area contributed by atoms with Crippen molar-refractivity contribution >= 4 is 28.9 Å². The molecule has 3 N–H and O–H groups in total. The summed E-state index contributed by atoms with van der Waals surface area (Å²) in [6.45, 7) is 2.29. The van der Waals surface area contributed by atoms with Crippen molar-refractivity contribution in [1.29, 1.82) is 0 Å². The minimum absolute atomic E-state index is 0.171. The zero-order valence-electron chi connectivity index (χ0n) is 13.9. The summed E-state index contributed by atoms with van der Waals surface area (Å²) in [5, 5.41) is 13.5. The Kier molecular flexibility index (Phi) is 3.64. The van der Waals surface area contributed by atoms with E-state index in [1.807, 2.05) is 37.3 Å². The van der Waals surface area contributed by atoms with Crippen LogP contribution in [0.25, 0.3) is 5.65 Å². The molecule has 1 aliphatic rings. The van der Waals surface area contributed by atoms with E-state index in [1.165, 1.54) is 6.20 Å². The minimum atomic E-state index is -0.233. The Morgan fingerprint density at radius 1 is 1.36 bits per heavy atom. The summed E-state index contributed by atoms with van der Waals surface area (Å²) in [6.07, 6.45) is 1.35. The van der Waals surface area contributed by atoms with Crippen LogP contribution in [0.1, 0.15) is 17.3 Å². The molecule has 0 saturated carbocycles. The van der Waals surface area contributed by atoms with Crippen molar-refractivity contribution < 1.29 is 9.53 Å². The number of carbonyl (C=O) groups excluding carboxylic acids is 1. The number of fused-ring (bicyclic) bond motifs is 3. The average Bonchev–Trinajstić information content (AvgIpc) is 3.02. The van der Waals surface area contributed by atoms with Crippen LogP contribution in [0.15, 0.2) is 36.5 Å². The van der Waals surface area contributed by atoms with Gasteiger partial charge in [-0.3, -0.25) is 4.79 Å². The van der Waals surface area contributed by atoms with E-state index in [9.17, 15) is 4.79 Å². The van der Waals surface area contributed by atoms with Gasteiger partial charge in [0.15, 0.2) is 5.65 Å². The molecule has 4 bridgehead atoms. The number of rotatable bonds is 1. The van der Waals surface area contributed by atoms with Gasteiger partial charge >= 0.3 is 0 Å². The number of aromatic nitrogens is 3. The molecule has 1 amide bonds. The molecule has 0 saturated heterocycles. The van der Waals surface area contributed by atoms with E-state index in [-0.39, 0.29) is 12.0 Å². The van der Waals surface area contributed by atoms with Gasteiger partial charge in [-0.05, 0) is 19.1 Å². The third-order valence-electron chi connectivity index (χ3n) is 3.97. The Bertz CT molecular complexity index is 951. The number of carbonyl (C=O) groups is 1. The Morgan fingerprint density at radius 3 is 3.08 bits per heavy atom. The van der Waals surface area contributed by atoms with Gasteiger partial charge in [0.05, 0.1) is 12.7 Å². The number of amides is 1. The third kappa shape index (κ3) is 2.82. The fourth-order valence-corrected chi connectivity index (χ4v) is 2.77. The molecule has 3 heterocycles. The topological polar surface area (TPSA) is 92.6 Å². The van der Waals surface area contributed by atoms with Crippen LogP contribution >= 0.6 is 0 Å². The second-order valence-electron chi connectivity index (χ2n) is 5.86. The van der Waals surface area contributed by atoms with Crippen LogP contribution in [0.5, 0.6) is 5.75 Å². The Hall–Kier alpha value is -3.29. The summed E-state index contributed by atoms with van der Waals surface area (Å²) in [4.78, 5) is 17.1. The smallest absolute Gasteiger partial charge is 0.256 e. The molecule has 25 heavy (non-hydrogen) atoms. The first-order valence-corrected chi connectivity index (χ1v) is 8.02. The van der Waals surface area contributed by atoms with Gasteiger partial charge in [0.25, 0.3) is 5.91 Å².